The van der Waals surface area contributed by atoms with Crippen LogP contribution in [0.2, 0.25) is 0 Å². The van der Waals surface area contributed by atoms with E-state index >= 15 is 0 Å². The topological polar surface area (TPSA) is 106 Å². The number of carbonyl (C=O) groups is 1. The first-order valence-corrected chi connectivity index (χ1v) is 10.6. The number of nitro groups is 1. The van der Waals surface area contributed by atoms with Gasteiger partial charge in [0.15, 0.2) is 0 Å². The van der Waals surface area contributed by atoms with Crippen molar-refractivity contribution in [3.8, 4) is 11.3 Å². The Labute approximate surface area is 190 Å². The number of nitrogens with zero attached hydrogens (tertiary/aromatic N) is 2. The van der Waals surface area contributed by atoms with Crippen LogP contribution in [0, 0.1) is 10.1 Å². The number of para-hydroxylation sites is 1. The molecule has 0 unspecified atom stereocenters. The quantitative estimate of drug-likeness (QED) is 0.263. The van der Waals surface area contributed by atoms with Gasteiger partial charge in [0.2, 0.25) is 0 Å². The molecule has 2 heterocycles. The van der Waals surface area contributed by atoms with Gasteiger partial charge in [-0.3, -0.25) is 10.1 Å². The fraction of sp³-hybridized carbons (Fsp3) is 0.0833. The summed E-state index contributed by atoms with van der Waals surface area (Å²) in [4.78, 5) is 27.2. The molecule has 7 nitrogen and oxygen atoms in total. The van der Waals surface area contributed by atoms with E-state index in [1.807, 2.05) is 30.3 Å². The molecule has 0 radical (unpaired) electrons. The maximum absolute atomic E-state index is 12.0. The van der Waals surface area contributed by atoms with E-state index in [-0.39, 0.29) is 5.69 Å². The number of hydrogen-bond donors (Lipinski definition) is 1. The van der Waals surface area contributed by atoms with Crippen molar-refractivity contribution in [2.24, 2.45) is 0 Å². The molecule has 2 aromatic carbocycles. The number of nitro benzene ring substituents is 1. The minimum atomic E-state index is -0.954. The fourth-order valence-corrected chi connectivity index (χ4v) is 4.65. The second kappa shape index (κ2) is 7.72. The number of benzene rings is 2. The van der Waals surface area contributed by atoms with Crippen LogP contribution >= 0.6 is 15.9 Å². The first-order chi connectivity index (χ1) is 15.4. The van der Waals surface area contributed by atoms with Crippen LogP contribution in [0.5, 0.6) is 0 Å². The molecule has 1 aliphatic rings. The average Bonchev–Trinajstić information content (AvgIpc) is 3.39. The van der Waals surface area contributed by atoms with Gasteiger partial charge in [0.25, 0.3) is 5.69 Å². The van der Waals surface area contributed by atoms with Gasteiger partial charge < -0.3 is 9.52 Å². The van der Waals surface area contributed by atoms with Crippen LogP contribution in [0.1, 0.15) is 33.8 Å². The fourth-order valence-electron chi connectivity index (χ4n) is 4.09. The second-order valence-corrected chi connectivity index (χ2v) is 8.28. The van der Waals surface area contributed by atoms with Crippen LogP contribution in [-0.2, 0) is 6.42 Å². The number of furan rings is 1. The highest BCUT2D eigenvalue weighted by atomic mass is 79.9. The van der Waals surface area contributed by atoms with Gasteiger partial charge in [-0.15, -0.1) is 0 Å². The molecule has 32 heavy (non-hydrogen) atoms. The summed E-state index contributed by atoms with van der Waals surface area (Å²) in [6.45, 7) is 0. The molecule has 0 atom stereocenters. The molecule has 0 fully saturated rings. The van der Waals surface area contributed by atoms with E-state index in [2.05, 4.69) is 15.9 Å². The number of halogens is 1. The minimum absolute atomic E-state index is 0.00961. The number of carboxylic acid groups (broad SMARTS) is 1. The van der Waals surface area contributed by atoms with E-state index in [0.717, 1.165) is 11.1 Å². The Bertz CT molecular complexity index is 1450. The SMILES string of the molecule is O=C(O)c1c2c(nc3ccccc13)/C(=C/c1ccc(-c3ccc([N+](=O)[O-])cc3Br)o1)CC2. The Morgan fingerprint density at radius 1 is 1.16 bits per heavy atom. The summed E-state index contributed by atoms with van der Waals surface area (Å²) in [6, 6.07) is 15.4. The lowest BCUT2D eigenvalue weighted by molar-refractivity contribution is -0.384. The molecule has 0 aliphatic heterocycles. The molecule has 5 rings (SSSR count). The van der Waals surface area contributed by atoms with Crippen LogP contribution in [0.15, 0.2) is 63.5 Å². The lowest BCUT2D eigenvalue weighted by Gasteiger charge is -2.08. The average molecular weight is 491 g/mol. The van der Waals surface area contributed by atoms with Crippen molar-refractivity contribution in [1.82, 2.24) is 4.98 Å². The van der Waals surface area contributed by atoms with Crippen molar-refractivity contribution in [3.05, 3.63) is 91.8 Å². The standard InChI is InChI=1S/C24H15BrN2O5/c25-19-12-14(27(30)31)6-9-16(19)21-10-7-15(32-21)11-13-5-8-18-22(24(28)29)17-3-1-2-4-20(17)26-23(13)18/h1-4,6-7,9-12H,5,8H2,(H,28,29)/b13-11+. The minimum Gasteiger partial charge on any atom is -0.478 e. The van der Waals surface area contributed by atoms with Crippen LogP contribution in [-0.4, -0.2) is 21.0 Å². The lowest BCUT2D eigenvalue weighted by atomic mass is 10.0. The van der Waals surface area contributed by atoms with Gasteiger partial charge in [-0.25, -0.2) is 9.78 Å². The van der Waals surface area contributed by atoms with Crippen LogP contribution in [0.4, 0.5) is 5.69 Å². The molecular formula is C24H15BrN2O5. The smallest absolute Gasteiger partial charge is 0.336 e. The van der Waals surface area contributed by atoms with Crippen LogP contribution < -0.4 is 0 Å². The summed E-state index contributed by atoms with van der Waals surface area (Å²) >= 11 is 3.37. The van der Waals surface area contributed by atoms with Crippen LogP contribution in [0.25, 0.3) is 33.9 Å². The molecule has 0 spiro atoms. The van der Waals surface area contributed by atoms with Gasteiger partial charge >= 0.3 is 5.97 Å². The maximum atomic E-state index is 12.0. The molecule has 0 bridgehead atoms. The summed E-state index contributed by atoms with van der Waals surface area (Å²) in [5.41, 5.74) is 3.99. The zero-order valence-electron chi connectivity index (χ0n) is 16.5. The van der Waals surface area contributed by atoms with Gasteiger partial charge in [-0.2, -0.15) is 0 Å². The molecule has 2 aromatic heterocycles. The molecule has 0 amide bonds. The maximum Gasteiger partial charge on any atom is 0.336 e. The zero-order chi connectivity index (χ0) is 22.4. The van der Waals surface area contributed by atoms with E-state index in [0.29, 0.717) is 56.6 Å². The summed E-state index contributed by atoms with van der Waals surface area (Å²) in [6.07, 6.45) is 3.14. The number of pyridine rings is 1. The Balaban J connectivity index is 1.55. The van der Waals surface area contributed by atoms with Gasteiger partial charge in [0, 0.05) is 27.6 Å². The predicted molar refractivity (Wildman–Crippen MR) is 123 cm³/mol. The van der Waals surface area contributed by atoms with Crippen molar-refractivity contribution >= 4 is 50.1 Å². The van der Waals surface area contributed by atoms with Gasteiger partial charge in [0.05, 0.1) is 21.7 Å². The summed E-state index contributed by atoms with van der Waals surface area (Å²) in [5, 5.41) is 21.4. The highest BCUT2D eigenvalue weighted by Crippen LogP contribution is 2.38. The summed E-state index contributed by atoms with van der Waals surface area (Å²) in [5.74, 6) is 0.207. The highest BCUT2D eigenvalue weighted by molar-refractivity contribution is 9.10. The first kappa shape index (κ1) is 20.1. The van der Waals surface area contributed by atoms with Crippen molar-refractivity contribution in [2.45, 2.75) is 12.8 Å². The number of aromatic carboxylic acids is 1. The van der Waals surface area contributed by atoms with E-state index in [9.17, 15) is 20.0 Å². The molecule has 1 N–H and O–H groups in total. The molecule has 8 heteroatoms. The van der Waals surface area contributed by atoms with Gasteiger partial charge in [-0.05, 0) is 70.2 Å². The Hall–Kier alpha value is -3.78. The summed E-state index contributed by atoms with van der Waals surface area (Å²) in [7, 11) is 0. The molecule has 0 saturated carbocycles. The molecule has 0 saturated heterocycles. The number of non-ortho nitro benzene ring substituents is 1. The highest BCUT2D eigenvalue weighted by Gasteiger charge is 2.26. The van der Waals surface area contributed by atoms with E-state index < -0.39 is 10.9 Å². The largest absolute Gasteiger partial charge is 0.478 e. The Kier molecular flexibility index (Phi) is 4.86. The van der Waals surface area contributed by atoms with E-state index in [1.54, 1.807) is 18.2 Å². The second-order valence-electron chi connectivity index (χ2n) is 7.43. The van der Waals surface area contributed by atoms with E-state index in [1.165, 1.54) is 12.1 Å². The normalized spacial score (nSPS) is 14.1. The Morgan fingerprint density at radius 3 is 2.72 bits per heavy atom. The van der Waals surface area contributed by atoms with Crippen molar-refractivity contribution < 1.29 is 19.2 Å². The third-order valence-corrected chi connectivity index (χ3v) is 6.18. The number of hydrogen-bond acceptors (Lipinski definition) is 5. The number of fused-ring (bicyclic) bond motifs is 2. The summed E-state index contributed by atoms with van der Waals surface area (Å²) < 4.78 is 6.53. The first-order valence-electron chi connectivity index (χ1n) is 9.82. The van der Waals surface area contributed by atoms with Gasteiger partial charge in [0.1, 0.15) is 11.5 Å². The molecular weight excluding hydrogens is 476 g/mol. The molecule has 1 aliphatic carbocycles. The van der Waals surface area contributed by atoms with Crippen molar-refractivity contribution in [2.75, 3.05) is 0 Å². The Morgan fingerprint density at radius 2 is 1.97 bits per heavy atom. The lowest BCUT2D eigenvalue weighted by Crippen LogP contribution is -2.05. The molecule has 158 valence electrons. The van der Waals surface area contributed by atoms with Gasteiger partial charge in [-0.1, -0.05) is 18.2 Å². The molecule has 4 aromatic rings. The number of allylic oxidation sites excluding steroid dienone is 1. The van der Waals surface area contributed by atoms with Crippen molar-refractivity contribution in [1.29, 1.82) is 0 Å². The third-order valence-electron chi connectivity index (χ3n) is 5.53. The van der Waals surface area contributed by atoms with Crippen LogP contribution in [0.3, 0.4) is 0 Å². The van der Waals surface area contributed by atoms with Crippen molar-refractivity contribution in [3.63, 3.8) is 0 Å². The third kappa shape index (κ3) is 3.38. The number of aromatic nitrogens is 1. The monoisotopic (exact) mass is 490 g/mol. The number of rotatable bonds is 4. The van der Waals surface area contributed by atoms with E-state index in [4.69, 9.17) is 9.40 Å². The number of carboxylic acids is 1. The predicted octanol–water partition coefficient (Wildman–Crippen LogP) is 6.35. The zero-order valence-corrected chi connectivity index (χ0v) is 18.1.